The van der Waals surface area contributed by atoms with E-state index >= 15 is 0 Å². The predicted molar refractivity (Wildman–Crippen MR) is 130 cm³/mol. The van der Waals surface area contributed by atoms with Gasteiger partial charge in [-0.05, 0) is 18.1 Å². The van der Waals surface area contributed by atoms with E-state index in [4.69, 9.17) is 14.7 Å². The summed E-state index contributed by atoms with van der Waals surface area (Å²) in [5.41, 5.74) is 1.49. The summed E-state index contributed by atoms with van der Waals surface area (Å²) in [5, 5.41) is 11.0. The molecular formula is C26H25N3O6S. The summed E-state index contributed by atoms with van der Waals surface area (Å²) in [6, 6.07) is 18.2. The quantitative estimate of drug-likeness (QED) is 0.447. The molecule has 2 aromatic rings. The first-order chi connectivity index (χ1) is 17.3. The van der Waals surface area contributed by atoms with E-state index in [1.807, 2.05) is 66.7 Å². The first kappa shape index (κ1) is 25.3. The highest BCUT2D eigenvalue weighted by Gasteiger charge is 2.59. The van der Waals surface area contributed by atoms with Crippen molar-refractivity contribution in [2.24, 2.45) is 5.92 Å². The number of esters is 2. The molecule has 0 aromatic heterocycles. The van der Waals surface area contributed by atoms with Crippen LogP contribution in [0, 0.1) is 17.2 Å². The van der Waals surface area contributed by atoms with Crippen LogP contribution in [0.2, 0.25) is 0 Å². The Labute approximate surface area is 212 Å². The molecule has 0 saturated carbocycles. The Morgan fingerprint density at radius 2 is 1.67 bits per heavy atom. The van der Waals surface area contributed by atoms with Gasteiger partial charge in [-0.15, -0.1) is 11.8 Å². The molecule has 0 spiro atoms. The Morgan fingerprint density at radius 1 is 1.08 bits per heavy atom. The van der Waals surface area contributed by atoms with E-state index in [-0.39, 0.29) is 5.75 Å². The first-order valence-electron chi connectivity index (χ1n) is 11.4. The second kappa shape index (κ2) is 10.8. The van der Waals surface area contributed by atoms with Crippen molar-refractivity contribution in [1.82, 2.24) is 10.2 Å². The number of benzene rings is 2. The summed E-state index contributed by atoms with van der Waals surface area (Å²) in [6.07, 6.45) is -1.66. The maximum atomic E-state index is 13.6. The molecule has 2 fully saturated rings. The van der Waals surface area contributed by atoms with Gasteiger partial charge in [-0.1, -0.05) is 60.7 Å². The molecule has 0 aliphatic carbocycles. The lowest BCUT2D eigenvalue weighted by Gasteiger charge is -2.54. The van der Waals surface area contributed by atoms with E-state index in [0.717, 1.165) is 11.1 Å². The lowest BCUT2D eigenvalue weighted by molar-refractivity contribution is -0.178. The maximum absolute atomic E-state index is 13.6. The number of fused-ring (bicyclic) bond motifs is 1. The van der Waals surface area contributed by atoms with E-state index in [1.165, 1.54) is 30.5 Å². The van der Waals surface area contributed by atoms with Gasteiger partial charge in [0.2, 0.25) is 11.8 Å². The van der Waals surface area contributed by atoms with Crippen LogP contribution < -0.4 is 5.32 Å². The molecule has 9 nitrogen and oxygen atoms in total. The molecule has 2 heterocycles. The summed E-state index contributed by atoms with van der Waals surface area (Å²) in [7, 11) is 0. The molecular weight excluding hydrogens is 482 g/mol. The zero-order chi connectivity index (χ0) is 25.8. The van der Waals surface area contributed by atoms with Gasteiger partial charge < -0.3 is 19.7 Å². The van der Waals surface area contributed by atoms with E-state index in [1.54, 1.807) is 0 Å². The average Bonchev–Trinajstić information content (AvgIpc) is 2.89. The molecule has 2 amide bonds. The van der Waals surface area contributed by atoms with E-state index in [9.17, 15) is 19.2 Å². The summed E-state index contributed by atoms with van der Waals surface area (Å²) in [6.45, 7) is 2.68. The number of thioether (sulfide) groups is 1. The van der Waals surface area contributed by atoms with E-state index in [2.05, 4.69) is 5.32 Å². The van der Waals surface area contributed by atoms with Crippen molar-refractivity contribution in [1.29, 1.82) is 5.26 Å². The molecule has 4 rings (SSSR count). The van der Waals surface area contributed by atoms with Crippen LogP contribution in [0.5, 0.6) is 0 Å². The highest BCUT2D eigenvalue weighted by Crippen LogP contribution is 2.40. The maximum Gasteiger partial charge on any atom is 0.333 e. The fourth-order valence-electron chi connectivity index (χ4n) is 4.24. The largest absolute Gasteiger partial charge is 0.459 e. The third kappa shape index (κ3) is 5.06. The summed E-state index contributed by atoms with van der Waals surface area (Å²) < 4.78 is 11.4. The van der Waals surface area contributed by atoms with Crippen molar-refractivity contribution in [2.45, 2.75) is 43.5 Å². The number of carbonyl (C=O) groups is 4. The van der Waals surface area contributed by atoms with Crippen LogP contribution in [0.15, 0.2) is 60.7 Å². The Balaban J connectivity index is 1.60. The van der Waals surface area contributed by atoms with Crippen molar-refractivity contribution in [3.63, 3.8) is 0 Å². The molecule has 2 aromatic carbocycles. The molecule has 0 radical (unpaired) electrons. The lowest BCUT2D eigenvalue weighted by Crippen LogP contribution is -2.77. The van der Waals surface area contributed by atoms with Gasteiger partial charge in [-0.3, -0.25) is 14.4 Å². The van der Waals surface area contributed by atoms with E-state index in [0.29, 0.717) is 0 Å². The zero-order valence-corrected chi connectivity index (χ0v) is 20.5. The van der Waals surface area contributed by atoms with Gasteiger partial charge in [-0.2, -0.15) is 5.26 Å². The number of carbonyl (C=O) groups excluding carboxylic acids is 4. The third-order valence-electron chi connectivity index (χ3n) is 6.05. The number of nitriles is 1. The first-order valence-corrected chi connectivity index (χ1v) is 12.5. The molecule has 0 bridgehead atoms. The molecule has 2 saturated heterocycles. The van der Waals surface area contributed by atoms with Crippen LogP contribution in [0.4, 0.5) is 0 Å². The average molecular weight is 508 g/mol. The SMILES string of the molecule is CC(=O)OC1CS[C@H]2[C@H](NC(=O)C(C)C#N)C(=O)N2[C@H]1C(=O)OC(c1ccccc1)c1ccccc1. The molecule has 2 unspecified atom stereocenters. The minimum atomic E-state index is -1.18. The number of nitrogens with zero attached hydrogens (tertiary/aromatic N) is 2. The van der Waals surface area contributed by atoms with Crippen LogP contribution in [0.25, 0.3) is 0 Å². The second-order valence-electron chi connectivity index (χ2n) is 8.54. The summed E-state index contributed by atoms with van der Waals surface area (Å²) in [5.74, 6) is -3.05. The number of hydrogen-bond donors (Lipinski definition) is 1. The van der Waals surface area contributed by atoms with Crippen molar-refractivity contribution < 1.29 is 28.7 Å². The minimum absolute atomic E-state index is 0.231. The van der Waals surface area contributed by atoms with Gasteiger partial charge in [0.05, 0.1) is 6.07 Å². The topological polar surface area (TPSA) is 126 Å². The number of rotatable bonds is 7. The summed E-state index contributed by atoms with van der Waals surface area (Å²) >= 11 is 1.29. The van der Waals surface area contributed by atoms with Crippen LogP contribution in [-0.2, 0) is 28.7 Å². The number of ether oxygens (including phenoxy) is 2. The molecule has 2 aliphatic heterocycles. The monoisotopic (exact) mass is 507 g/mol. The Hall–Kier alpha value is -3.84. The van der Waals surface area contributed by atoms with Gasteiger partial charge >= 0.3 is 11.9 Å². The molecule has 1 N–H and O–H groups in total. The minimum Gasteiger partial charge on any atom is -0.459 e. The Morgan fingerprint density at radius 3 is 2.19 bits per heavy atom. The highest BCUT2D eigenvalue weighted by molar-refractivity contribution is 8.00. The number of amides is 2. The fourth-order valence-corrected chi connectivity index (χ4v) is 5.65. The van der Waals surface area contributed by atoms with Crippen LogP contribution in [-0.4, -0.2) is 58.0 Å². The van der Waals surface area contributed by atoms with Crippen molar-refractivity contribution in [2.75, 3.05) is 5.75 Å². The third-order valence-corrected chi connectivity index (χ3v) is 7.41. The smallest absolute Gasteiger partial charge is 0.333 e. The predicted octanol–water partition coefficient (Wildman–Crippen LogP) is 2.18. The summed E-state index contributed by atoms with van der Waals surface area (Å²) in [4.78, 5) is 52.0. The van der Waals surface area contributed by atoms with Gasteiger partial charge in [-0.25, -0.2) is 4.79 Å². The lowest BCUT2D eigenvalue weighted by atomic mass is 9.98. The Bertz CT molecular complexity index is 1150. The number of nitrogens with one attached hydrogen (secondary N) is 1. The van der Waals surface area contributed by atoms with Gasteiger partial charge in [0, 0.05) is 12.7 Å². The highest BCUT2D eigenvalue weighted by atomic mass is 32.2. The van der Waals surface area contributed by atoms with Crippen molar-refractivity contribution >= 4 is 35.5 Å². The molecule has 2 aliphatic rings. The van der Waals surface area contributed by atoms with Crippen LogP contribution >= 0.6 is 11.8 Å². The normalized spacial score (nSPS) is 23.5. The fraction of sp³-hybridized carbons (Fsp3) is 0.346. The molecule has 36 heavy (non-hydrogen) atoms. The van der Waals surface area contributed by atoms with Gasteiger partial charge in [0.15, 0.2) is 12.1 Å². The Kier molecular flexibility index (Phi) is 7.60. The number of hydrogen-bond acceptors (Lipinski definition) is 8. The zero-order valence-electron chi connectivity index (χ0n) is 19.7. The van der Waals surface area contributed by atoms with Crippen molar-refractivity contribution in [3.8, 4) is 6.07 Å². The van der Waals surface area contributed by atoms with Crippen molar-refractivity contribution in [3.05, 3.63) is 71.8 Å². The molecule has 186 valence electrons. The van der Waals surface area contributed by atoms with Gasteiger partial charge in [0.25, 0.3) is 0 Å². The van der Waals surface area contributed by atoms with E-state index < -0.39 is 59.3 Å². The van der Waals surface area contributed by atoms with Crippen LogP contribution in [0.1, 0.15) is 31.1 Å². The second-order valence-corrected chi connectivity index (χ2v) is 9.69. The molecule has 5 atom stereocenters. The standard InChI is InChI=1S/C26H25N3O6S/c1-15(13-27)23(31)28-20-24(32)29-21(19(34-16(2)30)14-36-25(20)29)26(33)35-22(17-9-5-3-6-10-17)18-11-7-4-8-12-18/h3-12,15,19-22,25H,14H2,1-2H3,(H,28,31)/t15?,19?,20-,21-,25+/m1/s1. The number of β-lactam (4-membered cyclic amide) rings is 1. The van der Waals surface area contributed by atoms with Gasteiger partial charge in [0.1, 0.15) is 23.4 Å². The molecule has 10 heteroatoms. The van der Waals surface area contributed by atoms with Crippen LogP contribution in [0.3, 0.4) is 0 Å².